The topological polar surface area (TPSA) is 105 Å². The molecule has 1 aromatic heterocycles. The summed E-state index contributed by atoms with van der Waals surface area (Å²) in [4.78, 5) is 23.2. The number of urea groups is 1. The molecule has 190 valence electrons. The highest BCUT2D eigenvalue weighted by atomic mass is 35.5. The largest absolute Gasteiger partial charge is 0.467 e. The third-order valence-electron chi connectivity index (χ3n) is 6.03. The van der Waals surface area contributed by atoms with E-state index in [2.05, 4.69) is 32.5 Å². The Morgan fingerprint density at radius 3 is 2.58 bits per heavy atom. The molecule has 36 heavy (non-hydrogen) atoms. The molecule has 2 amide bonds. The molecule has 4 N–H and O–H groups in total. The molecule has 2 aromatic carbocycles. The van der Waals surface area contributed by atoms with Gasteiger partial charge in [0.1, 0.15) is 11.9 Å². The molecule has 1 unspecified atom stereocenters. The molecule has 11 heteroatoms. The lowest BCUT2D eigenvalue weighted by Crippen LogP contribution is -2.44. The van der Waals surface area contributed by atoms with E-state index in [0.29, 0.717) is 16.9 Å². The van der Waals surface area contributed by atoms with Gasteiger partial charge in [0.2, 0.25) is 0 Å². The molecule has 1 saturated heterocycles. The minimum atomic E-state index is -0.734. The van der Waals surface area contributed by atoms with Gasteiger partial charge in [-0.05, 0) is 64.2 Å². The number of anilines is 2. The van der Waals surface area contributed by atoms with Crippen LogP contribution in [0.3, 0.4) is 0 Å². The maximum Gasteiger partial charge on any atom is 0.319 e. The maximum atomic E-state index is 13.9. The van der Waals surface area contributed by atoms with Gasteiger partial charge in [0.25, 0.3) is 5.88 Å². The zero-order chi connectivity index (χ0) is 25.8. The second-order valence-electron chi connectivity index (χ2n) is 8.72. The maximum absolute atomic E-state index is 13.9. The van der Waals surface area contributed by atoms with Gasteiger partial charge in [-0.2, -0.15) is 0 Å². The van der Waals surface area contributed by atoms with Crippen LogP contribution in [0.4, 0.5) is 20.7 Å². The number of benzene rings is 2. The summed E-state index contributed by atoms with van der Waals surface area (Å²) in [6, 6.07) is 9.69. The van der Waals surface area contributed by atoms with E-state index in [1.165, 1.54) is 18.3 Å². The third kappa shape index (κ3) is 6.16. The highest BCUT2D eigenvalue weighted by molar-refractivity contribution is 6.36. The molecule has 1 aliphatic heterocycles. The summed E-state index contributed by atoms with van der Waals surface area (Å²) in [6.45, 7) is 3.60. The number of ether oxygens (including phenoxy) is 1. The molecule has 8 nitrogen and oxygen atoms in total. The predicted molar refractivity (Wildman–Crippen MR) is 140 cm³/mol. The standard InChI is InChI=1S/C25H27Cl2FN6O2/c1-14(21-18(26)7-8-19(28)22(21)27)36-24-23(29)30-13-20(33-24)15-3-5-16(6-4-15)31-25(35)32-17-9-11-34(2)12-10-17/h3-8,13-14,17H,9-12H2,1-2H3,(H2,29,30)(H2,31,32,35). The quantitative estimate of drug-likeness (QED) is 0.360. The summed E-state index contributed by atoms with van der Waals surface area (Å²) in [7, 11) is 2.08. The van der Waals surface area contributed by atoms with Crippen molar-refractivity contribution in [3.63, 3.8) is 0 Å². The summed E-state index contributed by atoms with van der Waals surface area (Å²) < 4.78 is 19.8. The SMILES string of the molecule is CC(Oc1nc(-c2ccc(NC(=O)NC3CCN(C)CC3)cc2)cnc1N)c1c(Cl)ccc(F)c1Cl. The van der Waals surface area contributed by atoms with E-state index in [0.717, 1.165) is 31.5 Å². The number of nitrogens with two attached hydrogens (primary N) is 1. The summed E-state index contributed by atoms with van der Waals surface area (Å²) in [5, 5.41) is 6.02. The van der Waals surface area contributed by atoms with Crippen molar-refractivity contribution in [3.05, 3.63) is 64.0 Å². The van der Waals surface area contributed by atoms with E-state index < -0.39 is 11.9 Å². The summed E-state index contributed by atoms with van der Waals surface area (Å²) in [6.07, 6.45) is 2.64. The first-order valence-corrected chi connectivity index (χ1v) is 12.3. The summed E-state index contributed by atoms with van der Waals surface area (Å²) in [5.74, 6) is -0.470. The molecule has 0 saturated carbocycles. The van der Waals surface area contributed by atoms with E-state index in [9.17, 15) is 9.18 Å². The van der Waals surface area contributed by atoms with Crippen molar-refractivity contribution in [2.75, 3.05) is 31.2 Å². The van der Waals surface area contributed by atoms with Crippen molar-refractivity contribution in [3.8, 4) is 17.1 Å². The van der Waals surface area contributed by atoms with Crippen LogP contribution in [0, 0.1) is 5.82 Å². The number of halogens is 3. The van der Waals surface area contributed by atoms with Gasteiger partial charge in [0.05, 0.1) is 16.9 Å². The molecular formula is C25H27Cl2FN6O2. The summed E-state index contributed by atoms with van der Waals surface area (Å²) in [5.41, 5.74) is 8.15. The number of hydrogen-bond acceptors (Lipinski definition) is 6. The van der Waals surface area contributed by atoms with Gasteiger partial charge in [-0.1, -0.05) is 35.3 Å². The Morgan fingerprint density at radius 1 is 1.19 bits per heavy atom. The monoisotopic (exact) mass is 532 g/mol. The van der Waals surface area contributed by atoms with Crippen molar-refractivity contribution in [1.29, 1.82) is 0 Å². The number of nitrogens with zero attached hydrogens (tertiary/aromatic N) is 3. The fourth-order valence-corrected chi connectivity index (χ4v) is 4.66. The van der Waals surface area contributed by atoms with Crippen LogP contribution in [0.2, 0.25) is 10.0 Å². The smallest absolute Gasteiger partial charge is 0.319 e. The van der Waals surface area contributed by atoms with Crippen molar-refractivity contribution < 1.29 is 13.9 Å². The molecule has 4 rings (SSSR count). The van der Waals surface area contributed by atoms with Gasteiger partial charge in [0, 0.05) is 27.9 Å². The number of carbonyl (C=O) groups is 1. The molecule has 0 radical (unpaired) electrons. The Balaban J connectivity index is 1.43. The van der Waals surface area contributed by atoms with E-state index in [4.69, 9.17) is 33.7 Å². The number of nitrogens with one attached hydrogen (secondary N) is 2. The van der Waals surface area contributed by atoms with Gasteiger partial charge in [-0.25, -0.2) is 19.2 Å². The molecule has 0 aliphatic carbocycles. The fourth-order valence-electron chi connectivity index (χ4n) is 3.98. The first-order valence-electron chi connectivity index (χ1n) is 11.5. The number of nitrogen functional groups attached to an aromatic ring is 1. The lowest BCUT2D eigenvalue weighted by Gasteiger charge is -2.29. The van der Waals surface area contributed by atoms with Crippen molar-refractivity contribution in [2.24, 2.45) is 0 Å². The highest BCUT2D eigenvalue weighted by Gasteiger charge is 2.21. The molecule has 1 atom stereocenters. The zero-order valence-electron chi connectivity index (χ0n) is 19.9. The first-order chi connectivity index (χ1) is 17.2. The van der Waals surface area contributed by atoms with E-state index in [1.807, 2.05) is 0 Å². The molecule has 1 aliphatic rings. The van der Waals surface area contributed by atoms with Gasteiger partial charge in [-0.3, -0.25) is 0 Å². The number of amides is 2. The Labute approximate surface area is 219 Å². The zero-order valence-corrected chi connectivity index (χ0v) is 21.4. The average Bonchev–Trinajstić information content (AvgIpc) is 2.85. The molecule has 2 heterocycles. The second kappa shape index (κ2) is 11.3. The van der Waals surface area contributed by atoms with Crippen LogP contribution in [-0.2, 0) is 0 Å². The van der Waals surface area contributed by atoms with Crippen LogP contribution in [0.1, 0.15) is 31.4 Å². The van der Waals surface area contributed by atoms with Crippen LogP contribution in [-0.4, -0.2) is 47.1 Å². The third-order valence-corrected chi connectivity index (χ3v) is 6.75. The normalized spacial score (nSPS) is 15.4. The number of aromatic nitrogens is 2. The van der Waals surface area contributed by atoms with Crippen molar-refractivity contribution in [1.82, 2.24) is 20.2 Å². The highest BCUT2D eigenvalue weighted by Crippen LogP contribution is 2.35. The molecule has 0 bridgehead atoms. The number of hydrogen-bond donors (Lipinski definition) is 3. The number of carbonyl (C=O) groups excluding carboxylic acids is 1. The Kier molecular flexibility index (Phi) is 8.13. The fraction of sp³-hybridized carbons (Fsp3) is 0.320. The van der Waals surface area contributed by atoms with Gasteiger partial charge in [0.15, 0.2) is 5.82 Å². The number of rotatable bonds is 6. The lowest BCUT2D eigenvalue weighted by atomic mass is 10.1. The van der Waals surface area contributed by atoms with Crippen LogP contribution in [0.15, 0.2) is 42.6 Å². The molecule has 1 fully saturated rings. The minimum Gasteiger partial charge on any atom is -0.467 e. The minimum absolute atomic E-state index is 0.0658. The Morgan fingerprint density at radius 2 is 1.89 bits per heavy atom. The van der Waals surface area contributed by atoms with Crippen LogP contribution < -0.4 is 21.1 Å². The van der Waals surface area contributed by atoms with Gasteiger partial charge in [-0.15, -0.1) is 0 Å². The van der Waals surface area contributed by atoms with Crippen LogP contribution >= 0.6 is 23.2 Å². The predicted octanol–water partition coefficient (Wildman–Crippen LogP) is 5.53. The van der Waals surface area contributed by atoms with E-state index in [-0.39, 0.29) is 33.8 Å². The summed E-state index contributed by atoms with van der Waals surface area (Å²) >= 11 is 12.3. The van der Waals surface area contributed by atoms with Gasteiger partial charge < -0.3 is 26.0 Å². The van der Waals surface area contributed by atoms with Gasteiger partial charge >= 0.3 is 6.03 Å². The van der Waals surface area contributed by atoms with Crippen molar-refractivity contribution in [2.45, 2.75) is 31.9 Å². The molecular weight excluding hydrogens is 506 g/mol. The number of piperidine rings is 1. The lowest BCUT2D eigenvalue weighted by molar-refractivity contribution is 0.218. The Hall–Kier alpha value is -3.14. The molecule has 0 spiro atoms. The van der Waals surface area contributed by atoms with Crippen LogP contribution in [0.5, 0.6) is 5.88 Å². The first kappa shape index (κ1) is 25.9. The molecule has 3 aromatic rings. The second-order valence-corrected chi connectivity index (χ2v) is 9.50. The van der Waals surface area contributed by atoms with E-state index >= 15 is 0 Å². The van der Waals surface area contributed by atoms with Crippen LogP contribution in [0.25, 0.3) is 11.3 Å². The van der Waals surface area contributed by atoms with E-state index in [1.54, 1.807) is 31.2 Å². The average molecular weight is 533 g/mol. The Bertz CT molecular complexity index is 1240. The number of likely N-dealkylation sites (tertiary alicyclic amines) is 1. The van der Waals surface area contributed by atoms with Crippen molar-refractivity contribution >= 4 is 40.7 Å².